The number of carbonyl (C=O) groups excluding carboxylic acids is 1. The van der Waals surface area contributed by atoms with E-state index in [-0.39, 0.29) is 12.5 Å². The second-order valence-corrected chi connectivity index (χ2v) is 4.54. The highest BCUT2D eigenvalue weighted by Crippen LogP contribution is 2.30. The zero-order valence-corrected chi connectivity index (χ0v) is 11.5. The summed E-state index contributed by atoms with van der Waals surface area (Å²) in [6.07, 6.45) is 0.306. The van der Waals surface area contributed by atoms with Crippen molar-refractivity contribution in [1.82, 2.24) is 5.32 Å². The molecule has 1 aromatic carbocycles. The summed E-state index contributed by atoms with van der Waals surface area (Å²) in [6, 6.07) is 5.17. The van der Waals surface area contributed by atoms with Crippen LogP contribution in [0.15, 0.2) is 23.4 Å². The molecule has 0 aromatic heterocycles. The lowest BCUT2D eigenvalue weighted by molar-refractivity contribution is -0.127. The van der Waals surface area contributed by atoms with Crippen molar-refractivity contribution in [2.45, 2.75) is 26.4 Å². The molecule has 2 rings (SSSR count). The van der Waals surface area contributed by atoms with Crippen LogP contribution in [0.2, 0.25) is 0 Å². The topological polar surface area (TPSA) is 80.2 Å². The number of oxime groups is 1. The fourth-order valence-electron chi connectivity index (χ4n) is 1.89. The Bertz CT molecular complexity index is 528. The monoisotopic (exact) mass is 278 g/mol. The number of amides is 1. The molecule has 0 spiro atoms. The van der Waals surface area contributed by atoms with Crippen LogP contribution in [0.1, 0.15) is 25.8 Å². The molecule has 0 radical (unpaired) electrons. The third kappa shape index (κ3) is 3.01. The van der Waals surface area contributed by atoms with E-state index < -0.39 is 6.10 Å². The maximum Gasteiger partial charge on any atom is 0.260 e. The van der Waals surface area contributed by atoms with Crippen LogP contribution in [-0.2, 0) is 4.79 Å². The first-order valence-corrected chi connectivity index (χ1v) is 6.58. The fraction of sp³-hybridized carbons (Fsp3) is 0.429. The van der Waals surface area contributed by atoms with E-state index in [1.54, 1.807) is 25.1 Å². The molecule has 1 aliphatic rings. The van der Waals surface area contributed by atoms with Crippen molar-refractivity contribution in [3.8, 4) is 11.5 Å². The predicted molar refractivity (Wildman–Crippen MR) is 73.7 cm³/mol. The minimum Gasteiger partial charge on any atom is -0.486 e. The Labute approximate surface area is 117 Å². The van der Waals surface area contributed by atoms with Crippen molar-refractivity contribution in [3.63, 3.8) is 0 Å². The van der Waals surface area contributed by atoms with Crippen LogP contribution in [0.5, 0.6) is 11.5 Å². The van der Waals surface area contributed by atoms with E-state index in [0.29, 0.717) is 23.8 Å². The largest absolute Gasteiger partial charge is 0.486 e. The predicted octanol–water partition coefficient (Wildman–Crippen LogP) is 1.55. The quantitative estimate of drug-likeness (QED) is 0.632. The van der Waals surface area contributed by atoms with Crippen molar-refractivity contribution < 1.29 is 19.5 Å². The molecule has 20 heavy (non-hydrogen) atoms. The van der Waals surface area contributed by atoms with E-state index in [0.717, 1.165) is 12.0 Å². The van der Waals surface area contributed by atoms with E-state index in [2.05, 4.69) is 10.5 Å². The minimum atomic E-state index is -0.577. The number of nitrogens with zero attached hydrogens (tertiary/aromatic N) is 1. The van der Waals surface area contributed by atoms with Crippen molar-refractivity contribution in [3.05, 3.63) is 23.8 Å². The molecule has 6 heteroatoms. The van der Waals surface area contributed by atoms with Gasteiger partial charge >= 0.3 is 0 Å². The third-order valence-corrected chi connectivity index (χ3v) is 2.98. The number of hydrogen-bond acceptors (Lipinski definition) is 5. The van der Waals surface area contributed by atoms with Crippen LogP contribution in [-0.4, -0.2) is 36.1 Å². The number of benzene rings is 1. The van der Waals surface area contributed by atoms with Gasteiger partial charge in [0.25, 0.3) is 5.91 Å². The molecule has 0 bridgehead atoms. The van der Waals surface area contributed by atoms with Gasteiger partial charge in [0.15, 0.2) is 6.10 Å². The van der Waals surface area contributed by atoms with Crippen LogP contribution in [0.25, 0.3) is 0 Å². The maximum atomic E-state index is 11.7. The second kappa shape index (κ2) is 6.27. The summed E-state index contributed by atoms with van der Waals surface area (Å²) in [5, 5.41) is 14.7. The van der Waals surface area contributed by atoms with Crippen molar-refractivity contribution in [2.24, 2.45) is 5.16 Å². The Balaban J connectivity index is 2.03. The summed E-state index contributed by atoms with van der Waals surface area (Å²) in [6.45, 7) is 4.56. The average Bonchev–Trinajstić information content (AvgIpc) is 2.86. The lowest BCUT2D eigenvalue weighted by atomic mass is 10.1. The van der Waals surface area contributed by atoms with Gasteiger partial charge in [-0.1, -0.05) is 12.1 Å². The summed E-state index contributed by atoms with van der Waals surface area (Å²) in [4.78, 5) is 11.7. The lowest BCUT2D eigenvalue weighted by Crippen LogP contribution is -2.36. The van der Waals surface area contributed by atoms with E-state index in [1.807, 2.05) is 6.92 Å². The molecule has 1 atom stereocenters. The Hall–Kier alpha value is -2.24. The maximum absolute atomic E-state index is 11.7. The first-order chi connectivity index (χ1) is 9.65. The Morgan fingerprint density at radius 3 is 3.10 bits per heavy atom. The zero-order chi connectivity index (χ0) is 14.5. The van der Waals surface area contributed by atoms with Gasteiger partial charge in [-0.25, -0.2) is 0 Å². The van der Waals surface area contributed by atoms with Crippen molar-refractivity contribution in [1.29, 1.82) is 0 Å². The normalized spacial score (nSPS) is 16.4. The SMILES string of the molecule is CCCNC(=O)C(C)Oc1ccc2c(c1)OCC2=NO. The molecule has 1 aromatic rings. The van der Waals surface area contributed by atoms with Gasteiger partial charge in [0.1, 0.15) is 23.8 Å². The van der Waals surface area contributed by atoms with E-state index >= 15 is 0 Å². The molecule has 1 heterocycles. The summed E-state index contributed by atoms with van der Waals surface area (Å²) >= 11 is 0. The van der Waals surface area contributed by atoms with E-state index in [9.17, 15) is 4.79 Å². The molecule has 0 saturated heterocycles. The molecular weight excluding hydrogens is 260 g/mol. The average molecular weight is 278 g/mol. The molecule has 2 N–H and O–H groups in total. The van der Waals surface area contributed by atoms with Crippen LogP contribution >= 0.6 is 0 Å². The minimum absolute atomic E-state index is 0.147. The van der Waals surface area contributed by atoms with Crippen LogP contribution in [0, 0.1) is 0 Å². The van der Waals surface area contributed by atoms with Crippen molar-refractivity contribution >= 4 is 11.6 Å². The molecule has 1 amide bonds. The van der Waals surface area contributed by atoms with Crippen LogP contribution in [0.3, 0.4) is 0 Å². The van der Waals surface area contributed by atoms with Gasteiger partial charge in [-0.2, -0.15) is 0 Å². The first-order valence-electron chi connectivity index (χ1n) is 6.58. The highest BCUT2D eigenvalue weighted by Gasteiger charge is 2.21. The smallest absolute Gasteiger partial charge is 0.260 e. The molecule has 108 valence electrons. The molecule has 0 aliphatic carbocycles. The van der Waals surface area contributed by atoms with Gasteiger partial charge in [-0.15, -0.1) is 0 Å². The zero-order valence-electron chi connectivity index (χ0n) is 11.5. The second-order valence-electron chi connectivity index (χ2n) is 4.54. The van der Waals surface area contributed by atoms with Gasteiger partial charge in [0.2, 0.25) is 0 Å². The molecule has 1 aliphatic heterocycles. The number of nitrogens with one attached hydrogen (secondary N) is 1. The van der Waals surface area contributed by atoms with Gasteiger partial charge < -0.3 is 20.0 Å². The van der Waals surface area contributed by atoms with Gasteiger partial charge in [-0.05, 0) is 25.5 Å². The summed E-state index contributed by atoms with van der Waals surface area (Å²) < 4.78 is 11.0. The molecule has 0 fully saturated rings. The van der Waals surface area contributed by atoms with E-state index in [4.69, 9.17) is 14.7 Å². The van der Waals surface area contributed by atoms with Crippen LogP contribution in [0.4, 0.5) is 0 Å². The third-order valence-electron chi connectivity index (χ3n) is 2.98. The Kier molecular flexibility index (Phi) is 4.45. The molecule has 1 unspecified atom stereocenters. The first kappa shape index (κ1) is 14.2. The molecule has 6 nitrogen and oxygen atoms in total. The summed E-state index contributed by atoms with van der Waals surface area (Å²) in [5.41, 5.74) is 1.23. The number of rotatable bonds is 5. The van der Waals surface area contributed by atoms with Gasteiger partial charge in [-0.3, -0.25) is 4.79 Å². The Morgan fingerprint density at radius 2 is 2.40 bits per heavy atom. The highest BCUT2D eigenvalue weighted by atomic mass is 16.5. The number of fused-ring (bicyclic) bond motifs is 1. The highest BCUT2D eigenvalue weighted by molar-refractivity contribution is 6.06. The van der Waals surface area contributed by atoms with Crippen molar-refractivity contribution in [2.75, 3.05) is 13.2 Å². The van der Waals surface area contributed by atoms with Crippen LogP contribution < -0.4 is 14.8 Å². The lowest BCUT2D eigenvalue weighted by Gasteiger charge is -2.14. The van der Waals surface area contributed by atoms with E-state index in [1.165, 1.54) is 0 Å². The fourth-order valence-corrected chi connectivity index (χ4v) is 1.89. The van der Waals surface area contributed by atoms with Gasteiger partial charge in [0.05, 0.1) is 0 Å². The molecule has 0 saturated carbocycles. The number of ether oxygens (including phenoxy) is 2. The Morgan fingerprint density at radius 1 is 1.60 bits per heavy atom. The van der Waals surface area contributed by atoms with Gasteiger partial charge in [0, 0.05) is 18.2 Å². The summed E-state index contributed by atoms with van der Waals surface area (Å²) in [7, 11) is 0. The summed E-state index contributed by atoms with van der Waals surface area (Å²) in [5.74, 6) is 0.990. The molecular formula is C14H18N2O4. The number of hydrogen-bond donors (Lipinski definition) is 2. The number of carbonyl (C=O) groups is 1. The standard InChI is InChI=1S/C14H18N2O4/c1-3-6-15-14(17)9(2)20-10-4-5-11-12(16-18)8-19-13(11)7-10/h4-5,7,9,18H,3,6,8H2,1-2H3,(H,15,17).